The Labute approximate surface area is 127 Å². The lowest BCUT2D eigenvalue weighted by atomic mass is 9.79. The molecular weight excluding hydrogens is 277 g/mol. The third kappa shape index (κ3) is 7.00. The van der Waals surface area contributed by atoms with Gasteiger partial charge in [-0.05, 0) is 45.2 Å². The van der Waals surface area contributed by atoms with Gasteiger partial charge in [-0.1, -0.05) is 26.7 Å². The Morgan fingerprint density at radius 2 is 1.86 bits per heavy atom. The van der Waals surface area contributed by atoms with Crippen LogP contribution in [-0.2, 0) is 0 Å². The van der Waals surface area contributed by atoms with Crippen molar-refractivity contribution in [2.45, 2.75) is 77.1 Å². The van der Waals surface area contributed by atoms with Gasteiger partial charge in [0.1, 0.15) is 0 Å². The van der Waals surface area contributed by atoms with Crippen LogP contribution < -0.4 is 5.32 Å². The SMILES string of the molecule is CCCNC1CCC(CCC)CC1N(C)CCC(F)(F)F. The highest BCUT2D eigenvalue weighted by atomic mass is 19.4. The molecular formula is C16H31F3N2. The second-order valence-electron chi connectivity index (χ2n) is 6.44. The van der Waals surface area contributed by atoms with Gasteiger partial charge in [0.15, 0.2) is 0 Å². The van der Waals surface area contributed by atoms with Gasteiger partial charge >= 0.3 is 6.18 Å². The van der Waals surface area contributed by atoms with E-state index >= 15 is 0 Å². The number of alkyl halides is 3. The van der Waals surface area contributed by atoms with Crippen molar-refractivity contribution in [3.05, 3.63) is 0 Å². The first-order chi connectivity index (χ1) is 9.87. The number of nitrogens with one attached hydrogen (secondary N) is 1. The zero-order chi connectivity index (χ0) is 15.9. The largest absolute Gasteiger partial charge is 0.390 e. The van der Waals surface area contributed by atoms with Gasteiger partial charge in [-0.15, -0.1) is 0 Å². The fraction of sp³-hybridized carbons (Fsp3) is 1.00. The van der Waals surface area contributed by atoms with Gasteiger partial charge in [0.2, 0.25) is 0 Å². The van der Waals surface area contributed by atoms with Gasteiger partial charge in [0, 0.05) is 18.6 Å². The van der Waals surface area contributed by atoms with Crippen LogP contribution >= 0.6 is 0 Å². The Kier molecular flexibility index (Phi) is 8.03. The highest BCUT2D eigenvalue weighted by molar-refractivity contribution is 4.90. The van der Waals surface area contributed by atoms with Crippen LogP contribution in [0.2, 0.25) is 0 Å². The van der Waals surface area contributed by atoms with Crippen molar-refractivity contribution in [1.29, 1.82) is 0 Å². The summed E-state index contributed by atoms with van der Waals surface area (Å²) in [6, 6.07) is 0.584. The maximum absolute atomic E-state index is 12.4. The van der Waals surface area contributed by atoms with Crippen molar-refractivity contribution in [1.82, 2.24) is 10.2 Å². The van der Waals surface area contributed by atoms with Gasteiger partial charge in [-0.25, -0.2) is 0 Å². The normalized spacial score (nSPS) is 27.3. The van der Waals surface area contributed by atoms with E-state index in [-0.39, 0.29) is 12.6 Å². The minimum atomic E-state index is -4.06. The van der Waals surface area contributed by atoms with Crippen LogP contribution in [0.15, 0.2) is 0 Å². The summed E-state index contributed by atoms with van der Waals surface area (Å²) in [5.74, 6) is 0.674. The summed E-state index contributed by atoms with van der Waals surface area (Å²) in [5.41, 5.74) is 0. The maximum Gasteiger partial charge on any atom is 0.390 e. The molecule has 21 heavy (non-hydrogen) atoms. The summed E-state index contributed by atoms with van der Waals surface area (Å²) < 4.78 is 37.3. The molecule has 1 N–H and O–H groups in total. The van der Waals surface area contributed by atoms with Crippen LogP contribution in [0.4, 0.5) is 13.2 Å². The third-order valence-electron chi connectivity index (χ3n) is 4.59. The van der Waals surface area contributed by atoms with E-state index in [1.54, 1.807) is 0 Å². The van der Waals surface area contributed by atoms with Crippen molar-refractivity contribution in [3.63, 3.8) is 0 Å². The van der Waals surface area contributed by atoms with Crippen LogP contribution in [0, 0.1) is 5.92 Å². The molecule has 1 aliphatic rings. The summed E-state index contributed by atoms with van der Waals surface area (Å²) in [4.78, 5) is 1.93. The van der Waals surface area contributed by atoms with E-state index in [1.165, 1.54) is 12.8 Å². The van der Waals surface area contributed by atoms with Gasteiger partial charge in [0.05, 0.1) is 6.42 Å². The molecule has 0 bridgehead atoms. The number of hydrogen-bond acceptors (Lipinski definition) is 2. The van der Waals surface area contributed by atoms with E-state index < -0.39 is 12.6 Å². The minimum Gasteiger partial charge on any atom is -0.312 e. The monoisotopic (exact) mass is 308 g/mol. The van der Waals surface area contributed by atoms with E-state index in [4.69, 9.17) is 0 Å². The molecule has 1 fully saturated rings. The molecule has 0 aromatic heterocycles. The van der Waals surface area contributed by atoms with Gasteiger partial charge < -0.3 is 10.2 Å². The molecule has 2 nitrogen and oxygen atoms in total. The lowest BCUT2D eigenvalue weighted by Crippen LogP contribution is -2.52. The highest BCUT2D eigenvalue weighted by Crippen LogP contribution is 2.31. The molecule has 126 valence electrons. The molecule has 3 unspecified atom stereocenters. The lowest BCUT2D eigenvalue weighted by molar-refractivity contribution is -0.139. The Hall–Kier alpha value is -0.290. The van der Waals surface area contributed by atoms with Gasteiger partial charge in [0.25, 0.3) is 0 Å². The molecule has 0 aliphatic heterocycles. The molecule has 1 aliphatic carbocycles. The molecule has 0 saturated heterocycles. The summed E-state index contributed by atoms with van der Waals surface area (Å²) in [7, 11) is 1.85. The van der Waals surface area contributed by atoms with Crippen LogP contribution in [0.3, 0.4) is 0 Å². The molecule has 1 saturated carbocycles. The third-order valence-corrected chi connectivity index (χ3v) is 4.59. The first kappa shape index (κ1) is 18.8. The standard InChI is InChI=1S/C16H31F3N2/c1-4-6-13-7-8-14(20-10-5-2)15(12-13)21(3)11-9-16(17,18)19/h13-15,20H,4-12H2,1-3H3. The van der Waals surface area contributed by atoms with Crippen molar-refractivity contribution in [3.8, 4) is 0 Å². The number of halogens is 3. The van der Waals surface area contributed by atoms with Crippen molar-refractivity contribution in [2.75, 3.05) is 20.1 Å². The average Bonchev–Trinajstić information content (AvgIpc) is 2.43. The molecule has 0 aromatic rings. The highest BCUT2D eigenvalue weighted by Gasteiger charge is 2.34. The zero-order valence-electron chi connectivity index (χ0n) is 13.7. The summed E-state index contributed by atoms with van der Waals surface area (Å²) in [6.45, 7) is 5.37. The second-order valence-corrected chi connectivity index (χ2v) is 6.44. The zero-order valence-corrected chi connectivity index (χ0v) is 13.7. The van der Waals surface area contributed by atoms with E-state index in [0.29, 0.717) is 12.0 Å². The van der Waals surface area contributed by atoms with E-state index in [2.05, 4.69) is 19.2 Å². The fourth-order valence-corrected chi connectivity index (χ4v) is 3.43. The van der Waals surface area contributed by atoms with Crippen LogP contribution in [-0.4, -0.2) is 43.3 Å². The Morgan fingerprint density at radius 3 is 2.43 bits per heavy atom. The predicted molar refractivity (Wildman–Crippen MR) is 81.4 cm³/mol. The number of nitrogens with zero attached hydrogens (tertiary/aromatic N) is 1. The summed E-state index contributed by atoms with van der Waals surface area (Å²) in [5, 5.41) is 3.54. The van der Waals surface area contributed by atoms with Crippen LogP contribution in [0.25, 0.3) is 0 Å². The van der Waals surface area contributed by atoms with Gasteiger partial charge in [-0.2, -0.15) is 13.2 Å². The average molecular weight is 308 g/mol. The van der Waals surface area contributed by atoms with E-state index in [9.17, 15) is 13.2 Å². The molecule has 0 amide bonds. The maximum atomic E-state index is 12.4. The summed E-state index contributed by atoms with van der Waals surface area (Å²) >= 11 is 0. The molecule has 5 heteroatoms. The Balaban J connectivity index is 2.58. The molecule has 0 spiro atoms. The molecule has 1 rings (SSSR count). The number of rotatable bonds is 8. The topological polar surface area (TPSA) is 15.3 Å². The minimum absolute atomic E-state index is 0.108. The van der Waals surface area contributed by atoms with Gasteiger partial charge in [-0.3, -0.25) is 0 Å². The predicted octanol–water partition coefficient (Wildman–Crippen LogP) is 4.21. The van der Waals surface area contributed by atoms with E-state index in [0.717, 1.165) is 32.2 Å². The van der Waals surface area contributed by atoms with Crippen LogP contribution in [0.1, 0.15) is 58.8 Å². The van der Waals surface area contributed by atoms with Crippen molar-refractivity contribution < 1.29 is 13.2 Å². The lowest BCUT2D eigenvalue weighted by Gasteiger charge is -2.42. The van der Waals surface area contributed by atoms with E-state index in [1.807, 2.05) is 11.9 Å². The number of likely N-dealkylation sites (N-methyl/N-ethyl adjacent to an activating group) is 1. The molecule has 0 heterocycles. The van der Waals surface area contributed by atoms with Crippen molar-refractivity contribution >= 4 is 0 Å². The van der Waals surface area contributed by atoms with Crippen LogP contribution in [0.5, 0.6) is 0 Å². The quantitative estimate of drug-likeness (QED) is 0.722. The molecule has 0 radical (unpaired) electrons. The Morgan fingerprint density at radius 1 is 1.14 bits per heavy atom. The smallest absolute Gasteiger partial charge is 0.312 e. The first-order valence-corrected chi connectivity index (χ1v) is 8.37. The summed E-state index contributed by atoms with van der Waals surface area (Å²) in [6.07, 6.45) is 1.99. The Bertz CT molecular complexity index is 281. The molecule has 0 aromatic carbocycles. The van der Waals surface area contributed by atoms with Crippen molar-refractivity contribution in [2.24, 2.45) is 5.92 Å². The first-order valence-electron chi connectivity index (χ1n) is 8.37. The second kappa shape index (κ2) is 8.99. The number of hydrogen-bond donors (Lipinski definition) is 1. The fourth-order valence-electron chi connectivity index (χ4n) is 3.43. The molecule has 3 atom stereocenters.